The predicted octanol–water partition coefficient (Wildman–Crippen LogP) is 2.51. The molecule has 1 rings (SSSR count). The summed E-state index contributed by atoms with van der Waals surface area (Å²) in [6.45, 7) is 1.69. The number of carbonyl (C=O) groups is 1. The number of halogens is 1. The van der Waals surface area contributed by atoms with Crippen LogP contribution in [0.2, 0.25) is 5.02 Å². The van der Waals surface area contributed by atoms with Crippen LogP contribution >= 0.6 is 23.4 Å². The molecule has 5 heteroatoms. The SMILES string of the molecule is C[C@H](O)CSc1ccc(C(=O)O)c(Cl)c1. The summed E-state index contributed by atoms with van der Waals surface area (Å²) in [7, 11) is 0. The van der Waals surface area contributed by atoms with E-state index in [1.165, 1.54) is 17.8 Å². The molecule has 0 saturated carbocycles. The maximum atomic E-state index is 10.7. The highest BCUT2D eigenvalue weighted by Gasteiger charge is 2.09. The smallest absolute Gasteiger partial charge is 0.337 e. The zero-order valence-corrected chi connectivity index (χ0v) is 9.68. The van der Waals surface area contributed by atoms with Crippen molar-refractivity contribution in [1.29, 1.82) is 0 Å². The van der Waals surface area contributed by atoms with Crippen LogP contribution in [0.15, 0.2) is 23.1 Å². The van der Waals surface area contributed by atoms with Gasteiger partial charge in [0.15, 0.2) is 0 Å². The van der Waals surface area contributed by atoms with Crippen molar-refractivity contribution in [2.75, 3.05) is 5.75 Å². The number of carboxylic acids is 1. The van der Waals surface area contributed by atoms with E-state index >= 15 is 0 Å². The molecule has 0 aromatic heterocycles. The molecule has 15 heavy (non-hydrogen) atoms. The predicted molar refractivity (Wildman–Crippen MR) is 60.8 cm³/mol. The van der Waals surface area contributed by atoms with Crippen LogP contribution in [0.5, 0.6) is 0 Å². The van der Waals surface area contributed by atoms with E-state index in [4.69, 9.17) is 21.8 Å². The third-order valence-corrected chi connectivity index (χ3v) is 3.21. The molecule has 1 aromatic carbocycles. The number of hydrogen-bond acceptors (Lipinski definition) is 3. The molecule has 82 valence electrons. The van der Waals surface area contributed by atoms with Crippen molar-refractivity contribution in [3.63, 3.8) is 0 Å². The van der Waals surface area contributed by atoms with Crippen LogP contribution in [0.25, 0.3) is 0 Å². The van der Waals surface area contributed by atoms with Gasteiger partial charge in [-0.05, 0) is 25.1 Å². The quantitative estimate of drug-likeness (QED) is 0.802. The fraction of sp³-hybridized carbons (Fsp3) is 0.300. The molecule has 0 heterocycles. The van der Waals surface area contributed by atoms with Gasteiger partial charge in [-0.15, -0.1) is 11.8 Å². The summed E-state index contributed by atoms with van der Waals surface area (Å²) >= 11 is 7.22. The molecule has 0 spiro atoms. The van der Waals surface area contributed by atoms with Gasteiger partial charge in [-0.3, -0.25) is 0 Å². The largest absolute Gasteiger partial charge is 0.478 e. The third kappa shape index (κ3) is 3.74. The standard InChI is InChI=1S/C10H11ClO3S/c1-6(12)5-15-7-2-3-8(10(13)14)9(11)4-7/h2-4,6,12H,5H2,1H3,(H,13,14)/t6-/m0/s1. The van der Waals surface area contributed by atoms with Gasteiger partial charge in [-0.1, -0.05) is 11.6 Å². The molecule has 0 unspecified atom stereocenters. The lowest BCUT2D eigenvalue weighted by molar-refractivity contribution is 0.0697. The number of rotatable bonds is 4. The average molecular weight is 247 g/mol. The Morgan fingerprint density at radius 2 is 2.27 bits per heavy atom. The van der Waals surface area contributed by atoms with E-state index in [0.29, 0.717) is 5.75 Å². The van der Waals surface area contributed by atoms with Crippen molar-refractivity contribution in [1.82, 2.24) is 0 Å². The second-order valence-electron chi connectivity index (χ2n) is 3.11. The average Bonchev–Trinajstić information content (AvgIpc) is 2.14. The highest BCUT2D eigenvalue weighted by molar-refractivity contribution is 7.99. The van der Waals surface area contributed by atoms with Crippen molar-refractivity contribution in [3.8, 4) is 0 Å². The number of aliphatic hydroxyl groups excluding tert-OH is 1. The molecule has 2 N–H and O–H groups in total. The van der Waals surface area contributed by atoms with Gasteiger partial charge in [-0.25, -0.2) is 4.79 Å². The van der Waals surface area contributed by atoms with E-state index in [1.54, 1.807) is 19.1 Å². The lowest BCUT2D eigenvalue weighted by atomic mass is 10.2. The minimum Gasteiger partial charge on any atom is -0.478 e. The topological polar surface area (TPSA) is 57.5 Å². The van der Waals surface area contributed by atoms with Crippen molar-refractivity contribution < 1.29 is 15.0 Å². The number of aliphatic hydroxyl groups is 1. The molecule has 0 aliphatic heterocycles. The summed E-state index contributed by atoms with van der Waals surface area (Å²) in [5, 5.41) is 18.0. The van der Waals surface area contributed by atoms with Crippen LogP contribution in [0, 0.1) is 0 Å². The number of carboxylic acid groups (broad SMARTS) is 1. The lowest BCUT2D eigenvalue weighted by Crippen LogP contribution is -2.02. The first-order valence-corrected chi connectivity index (χ1v) is 5.70. The monoisotopic (exact) mass is 246 g/mol. The van der Waals surface area contributed by atoms with E-state index in [9.17, 15) is 4.79 Å². The second-order valence-corrected chi connectivity index (χ2v) is 4.61. The van der Waals surface area contributed by atoms with Crippen molar-refractivity contribution >= 4 is 29.3 Å². The van der Waals surface area contributed by atoms with Gasteiger partial charge in [0, 0.05) is 10.6 Å². The molecular weight excluding hydrogens is 236 g/mol. The molecule has 0 aliphatic rings. The van der Waals surface area contributed by atoms with Crippen LogP contribution in [0.3, 0.4) is 0 Å². The molecule has 1 atom stereocenters. The minimum absolute atomic E-state index is 0.0954. The molecule has 0 bridgehead atoms. The maximum absolute atomic E-state index is 10.7. The van der Waals surface area contributed by atoms with Crippen molar-refractivity contribution in [3.05, 3.63) is 28.8 Å². The van der Waals surface area contributed by atoms with E-state index in [0.717, 1.165) is 4.90 Å². The van der Waals surface area contributed by atoms with E-state index in [2.05, 4.69) is 0 Å². The summed E-state index contributed by atoms with van der Waals surface area (Å²) in [5.41, 5.74) is 0.0954. The van der Waals surface area contributed by atoms with Crippen LogP contribution in [0.1, 0.15) is 17.3 Å². The van der Waals surface area contributed by atoms with Crippen molar-refractivity contribution in [2.45, 2.75) is 17.9 Å². The van der Waals surface area contributed by atoms with E-state index in [-0.39, 0.29) is 10.6 Å². The molecule has 0 aliphatic carbocycles. The molecule has 0 amide bonds. The molecule has 0 saturated heterocycles. The van der Waals surface area contributed by atoms with Gasteiger partial charge < -0.3 is 10.2 Å². The molecule has 0 fully saturated rings. The maximum Gasteiger partial charge on any atom is 0.337 e. The Labute approximate surface area is 97.1 Å². The first kappa shape index (κ1) is 12.4. The first-order chi connectivity index (χ1) is 7.00. The van der Waals surface area contributed by atoms with Gasteiger partial charge in [0.2, 0.25) is 0 Å². The van der Waals surface area contributed by atoms with E-state index in [1.807, 2.05) is 0 Å². The Balaban J connectivity index is 2.78. The van der Waals surface area contributed by atoms with Gasteiger partial charge in [0.05, 0.1) is 16.7 Å². The second kappa shape index (κ2) is 5.39. The molecule has 1 aromatic rings. The summed E-state index contributed by atoms with van der Waals surface area (Å²) in [5.74, 6) is -0.477. The Hall–Kier alpha value is -0.710. The zero-order chi connectivity index (χ0) is 11.4. The highest BCUT2D eigenvalue weighted by atomic mass is 35.5. The number of aromatic carboxylic acids is 1. The normalized spacial score (nSPS) is 12.5. The zero-order valence-electron chi connectivity index (χ0n) is 8.11. The Morgan fingerprint density at radius 3 is 2.73 bits per heavy atom. The van der Waals surface area contributed by atoms with Gasteiger partial charge in [-0.2, -0.15) is 0 Å². The molecular formula is C10H11ClO3S. The van der Waals surface area contributed by atoms with Crippen molar-refractivity contribution in [2.24, 2.45) is 0 Å². The molecule has 0 radical (unpaired) electrons. The van der Waals surface area contributed by atoms with Gasteiger partial charge >= 0.3 is 5.97 Å². The molecule has 3 nitrogen and oxygen atoms in total. The Morgan fingerprint density at radius 1 is 1.60 bits per heavy atom. The van der Waals surface area contributed by atoms with E-state index < -0.39 is 12.1 Å². The first-order valence-electron chi connectivity index (χ1n) is 4.34. The fourth-order valence-electron chi connectivity index (χ4n) is 0.976. The summed E-state index contributed by atoms with van der Waals surface area (Å²) in [4.78, 5) is 11.5. The number of thioether (sulfide) groups is 1. The summed E-state index contributed by atoms with van der Waals surface area (Å²) in [6.07, 6.45) is -0.395. The van der Waals surface area contributed by atoms with Crippen LogP contribution in [0.4, 0.5) is 0 Å². The Kier molecular flexibility index (Phi) is 4.45. The third-order valence-electron chi connectivity index (χ3n) is 1.66. The minimum atomic E-state index is -1.04. The van der Waals surface area contributed by atoms with Gasteiger partial charge in [0.25, 0.3) is 0 Å². The summed E-state index contributed by atoms with van der Waals surface area (Å²) < 4.78 is 0. The van der Waals surface area contributed by atoms with Crippen LogP contribution in [-0.2, 0) is 0 Å². The fourth-order valence-corrected chi connectivity index (χ4v) is 2.10. The number of benzene rings is 1. The van der Waals surface area contributed by atoms with Crippen LogP contribution < -0.4 is 0 Å². The Bertz CT molecular complexity index is 366. The lowest BCUT2D eigenvalue weighted by Gasteiger charge is -2.05. The highest BCUT2D eigenvalue weighted by Crippen LogP contribution is 2.25. The van der Waals surface area contributed by atoms with Gasteiger partial charge in [0.1, 0.15) is 0 Å². The summed E-state index contributed by atoms with van der Waals surface area (Å²) in [6, 6.07) is 4.75. The number of hydrogen-bond donors (Lipinski definition) is 2. The van der Waals surface area contributed by atoms with Crippen LogP contribution in [-0.4, -0.2) is 28.0 Å².